The summed E-state index contributed by atoms with van der Waals surface area (Å²) in [5.74, 6) is -0.570. The van der Waals surface area contributed by atoms with Gasteiger partial charge in [-0.2, -0.15) is 0 Å². The van der Waals surface area contributed by atoms with Gasteiger partial charge in [0, 0.05) is 11.6 Å². The van der Waals surface area contributed by atoms with Crippen LogP contribution >= 0.6 is 0 Å². The third kappa shape index (κ3) is 3.68. The Balaban J connectivity index is 1.77. The Kier molecular flexibility index (Phi) is 4.79. The standard InChI is InChI=1S/C19H15FO5/c1-2-23-18(21)11-24-13-7-8-14-16(10-13)25-17(19(14)22)9-12-5-3-4-6-15(12)20/h3-10H,2,11H2,1H3/b17-9-. The molecule has 1 aliphatic rings. The van der Waals surface area contributed by atoms with Gasteiger partial charge < -0.3 is 14.2 Å². The first-order chi connectivity index (χ1) is 12.1. The van der Waals surface area contributed by atoms with E-state index in [4.69, 9.17) is 14.2 Å². The van der Waals surface area contributed by atoms with E-state index in [1.165, 1.54) is 18.2 Å². The van der Waals surface area contributed by atoms with Gasteiger partial charge in [-0.3, -0.25) is 4.79 Å². The van der Waals surface area contributed by atoms with Gasteiger partial charge in [-0.05, 0) is 31.2 Å². The monoisotopic (exact) mass is 342 g/mol. The average molecular weight is 342 g/mol. The first kappa shape index (κ1) is 16.7. The summed E-state index contributed by atoms with van der Waals surface area (Å²) in [6, 6.07) is 10.7. The van der Waals surface area contributed by atoms with Gasteiger partial charge in [-0.25, -0.2) is 9.18 Å². The highest BCUT2D eigenvalue weighted by Gasteiger charge is 2.28. The van der Waals surface area contributed by atoms with Gasteiger partial charge in [0.05, 0.1) is 12.2 Å². The molecule has 1 heterocycles. The summed E-state index contributed by atoms with van der Waals surface area (Å²) in [5, 5.41) is 0. The smallest absolute Gasteiger partial charge is 0.344 e. The van der Waals surface area contributed by atoms with E-state index in [9.17, 15) is 14.0 Å². The number of halogens is 1. The maximum atomic E-state index is 13.7. The van der Waals surface area contributed by atoms with Crippen molar-refractivity contribution in [1.29, 1.82) is 0 Å². The molecule has 0 saturated carbocycles. The Morgan fingerprint density at radius 2 is 2.04 bits per heavy atom. The highest BCUT2D eigenvalue weighted by atomic mass is 19.1. The van der Waals surface area contributed by atoms with Gasteiger partial charge in [0.2, 0.25) is 5.78 Å². The maximum absolute atomic E-state index is 13.7. The molecule has 25 heavy (non-hydrogen) atoms. The fourth-order valence-electron chi connectivity index (χ4n) is 2.34. The molecule has 5 nitrogen and oxygen atoms in total. The van der Waals surface area contributed by atoms with E-state index in [0.717, 1.165) is 0 Å². The largest absolute Gasteiger partial charge is 0.482 e. The number of Topliss-reactive ketones (excluding diaryl/α,β-unsaturated/α-hetero) is 1. The van der Waals surface area contributed by atoms with Crippen LogP contribution in [0.3, 0.4) is 0 Å². The Labute approximate surface area is 143 Å². The van der Waals surface area contributed by atoms with Gasteiger partial charge in [-0.15, -0.1) is 0 Å². The lowest BCUT2D eigenvalue weighted by Crippen LogP contribution is -2.14. The molecule has 0 amide bonds. The van der Waals surface area contributed by atoms with Crippen LogP contribution in [0.15, 0.2) is 48.2 Å². The summed E-state index contributed by atoms with van der Waals surface area (Å²) in [5.41, 5.74) is 0.614. The second-order valence-corrected chi connectivity index (χ2v) is 5.21. The molecule has 0 fully saturated rings. The lowest BCUT2D eigenvalue weighted by Gasteiger charge is -2.06. The second-order valence-electron chi connectivity index (χ2n) is 5.21. The third-order valence-corrected chi connectivity index (χ3v) is 3.50. The summed E-state index contributed by atoms with van der Waals surface area (Å²) < 4.78 is 29.3. The van der Waals surface area contributed by atoms with Crippen molar-refractivity contribution in [3.63, 3.8) is 0 Å². The van der Waals surface area contributed by atoms with Crippen molar-refractivity contribution in [2.24, 2.45) is 0 Å². The average Bonchev–Trinajstić information content (AvgIpc) is 2.91. The predicted molar refractivity (Wildman–Crippen MR) is 87.9 cm³/mol. The van der Waals surface area contributed by atoms with Crippen LogP contribution in [0.4, 0.5) is 4.39 Å². The summed E-state index contributed by atoms with van der Waals surface area (Å²) in [4.78, 5) is 23.7. The maximum Gasteiger partial charge on any atom is 0.344 e. The van der Waals surface area contributed by atoms with E-state index >= 15 is 0 Å². The van der Waals surface area contributed by atoms with Gasteiger partial charge in [-0.1, -0.05) is 18.2 Å². The molecule has 0 bridgehead atoms. The van der Waals surface area contributed by atoms with Crippen molar-refractivity contribution in [2.75, 3.05) is 13.2 Å². The van der Waals surface area contributed by atoms with Crippen LogP contribution in [0.25, 0.3) is 6.08 Å². The van der Waals surface area contributed by atoms with Crippen LogP contribution in [0.2, 0.25) is 0 Å². The number of fused-ring (bicyclic) bond motifs is 1. The highest BCUT2D eigenvalue weighted by molar-refractivity contribution is 6.14. The molecule has 0 aromatic heterocycles. The van der Waals surface area contributed by atoms with Crippen molar-refractivity contribution < 1.29 is 28.2 Å². The number of allylic oxidation sites excluding steroid dienone is 1. The summed E-state index contributed by atoms with van der Waals surface area (Å²) in [6.07, 6.45) is 1.36. The van der Waals surface area contributed by atoms with Gasteiger partial charge >= 0.3 is 5.97 Å². The Hall–Kier alpha value is -3.15. The van der Waals surface area contributed by atoms with Crippen LogP contribution in [-0.2, 0) is 9.53 Å². The summed E-state index contributed by atoms with van der Waals surface area (Å²) >= 11 is 0. The normalized spacial score (nSPS) is 14.2. The van der Waals surface area contributed by atoms with E-state index in [0.29, 0.717) is 17.1 Å². The van der Waals surface area contributed by atoms with Crippen LogP contribution in [0.5, 0.6) is 11.5 Å². The number of ether oxygens (including phenoxy) is 3. The minimum absolute atomic E-state index is 0.0302. The number of carbonyl (C=O) groups excluding carboxylic acids is 2. The number of benzene rings is 2. The second kappa shape index (κ2) is 7.17. The molecule has 0 aliphatic carbocycles. The van der Waals surface area contributed by atoms with E-state index in [-0.39, 0.29) is 30.3 Å². The topological polar surface area (TPSA) is 61.8 Å². The Morgan fingerprint density at radius 3 is 2.80 bits per heavy atom. The molecule has 0 N–H and O–H groups in total. The zero-order valence-corrected chi connectivity index (χ0v) is 13.5. The first-order valence-electron chi connectivity index (χ1n) is 7.69. The molecule has 0 saturated heterocycles. The van der Waals surface area contributed by atoms with E-state index in [1.54, 1.807) is 37.3 Å². The molecule has 0 radical (unpaired) electrons. The highest BCUT2D eigenvalue weighted by Crippen LogP contribution is 2.35. The van der Waals surface area contributed by atoms with Crippen molar-refractivity contribution >= 4 is 17.8 Å². The zero-order chi connectivity index (χ0) is 17.8. The minimum atomic E-state index is -0.486. The SMILES string of the molecule is CCOC(=O)COc1ccc2c(c1)O/C(=C\c1ccccc1F)C2=O. The minimum Gasteiger partial charge on any atom is -0.482 e. The number of rotatable bonds is 5. The lowest BCUT2D eigenvalue weighted by molar-refractivity contribution is -0.145. The van der Waals surface area contributed by atoms with Crippen LogP contribution in [-0.4, -0.2) is 25.0 Å². The fourth-order valence-corrected chi connectivity index (χ4v) is 2.34. The lowest BCUT2D eigenvalue weighted by atomic mass is 10.1. The molecule has 1 aliphatic heterocycles. The molecule has 6 heteroatoms. The van der Waals surface area contributed by atoms with Crippen molar-refractivity contribution in [1.82, 2.24) is 0 Å². The van der Waals surface area contributed by atoms with Gasteiger partial charge in [0.25, 0.3) is 0 Å². The Bertz CT molecular complexity index is 857. The zero-order valence-electron chi connectivity index (χ0n) is 13.5. The molecular weight excluding hydrogens is 327 g/mol. The summed E-state index contributed by atoms with van der Waals surface area (Å²) in [6.45, 7) is 1.74. The molecule has 0 spiro atoms. The van der Waals surface area contributed by atoms with E-state index < -0.39 is 11.8 Å². The first-order valence-corrected chi connectivity index (χ1v) is 7.69. The molecule has 2 aromatic rings. The third-order valence-electron chi connectivity index (χ3n) is 3.50. The van der Waals surface area contributed by atoms with Crippen molar-refractivity contribution in [2.45, 2.75) is 6.92 Å². The predicted octanol–water partition coefficient (Wildman–Crippen LogP) is 3.38. The Morgan fingerprint density at radius 1 is 1.24 bits per heavy atom. The molecule has 0 atom stereocenters. The number of hydrogen-bond acceptors (Lipinski definition) is 5. The molecule has 0 unspecified atom stereocenters. The van der Waals surface area contributed by atoms with Gasteiger partial charge in [0.1, 0.15) is 17.3 Å². The van der Waals surface area contributed by atoms with E-state index in [2.05, 4.69) is 0 Å². The van der Waals surface area contributed by atoms with Crippen molar-refractivity contribution in [3.8, 4) is 11.5 Å². The summed E-state index contributed by atoms with van der Waals surface area (Å²) in [7, 11) is 0. The number of ketones is 1. The fraction of sp³-hybridized carbons (Fsp3) is 0.158. The molecule has 2 aromatic carbocycles. The number of carbonyl (C=O) groups is 2. The number of hydrogen-bond donors (Lipinski definition) is 0. The van der Waals surface area contributed by atoms with Gasteiger partial charge in [0.15, 0.2) is 12.4 Å². The quantitative estimate of drug-likeness (QED) is 0.616. The van der Waals surface area contributed by atoms with Crippen molar-refractivity contribution in [3.05, 3.63) is 65.2 Å². The van der Waals surface area contributed by atoms with E-state index in [1.807, 2.05) is 0 Å². The molecule has 128 valence electrons. The van der Waals surface area contributed by atoms with Crippen LogP contribution < -0.4 is 9.47 Å². The van der Waals surface area contributed by atoms with Crippen LogP contribution in [0, 0.1) is 5.82 Å². The van der Waals surface area contributed by atoms with Crippen LogP contribution in [0.1, 0.15) is 22.8 Å². The number of esters is 1. The molecular formula is C19H15FO5. The molecule has 3 rings (SSSR count).